The number of oxime groups is 1. The molecule has 0 saturated heterocycles. The highest BCUT2D eigenvalue weighted by molar-refractivity contribution is 7.92. The minimum atomic E-state index is -3.30. The van der Waals surface area contributed by atoms with Gasteiger partial charge < -0.3 is 14.7 Å². The Hall–Kier alpha value is -1.93. The maximum atomic E-state index is 12.2. The van der Waals surface area contributed by atoms with Crippen LogP contribution < -0.4 is 0 Å². The van der Waals surface area contributed by atoms with Crippen molar-refractivity contribution in [1.29, 1.82) is 0 Å². The van der Waals surface area contributed by atoms with E-state index in [0.717, 1.165) is 12.8 Å². The minimum Gasteiger partial charge on any atom is -0.476 e. The van der Waals surface area contributed by atoms with Gasteiger partial charge in [0.15, 0.2) is 15.5 Å². The lowest BCUT2D eigenvalue weighted by molar-refractivity contribution is -0.129. The van der Waals surface area contributed by atoms with Gasteiger partial charge in [-0.1, -0.05) is 17.3 Å². The van der Waals surface area contributed by atoms with E-state index in [-0.39, 0.29) is 28.1 Å². The van der Waals surface area contributed by atoms with E-state index in [1.165, 1.54) is 24.3 Å². The molecule has 1 N–H and O–H groups in total. The van der Waals surface area contributed by atoms with Crippen molar-refractivity contribution in [2.75, 3.05) is 7.11 Å². The van der Waals surface area contributed by atoms with Crippen LogP contribution in [-0.4, -0.2) is 49.8 Å². The fraction of sp³-hybridized carbons (Fsp3) is 0.529. The summed E-state index contributed by atoms with van der Waals surface area (Å²) in [7, 11) is -1.66. The zero-order chi connectivity index (χ0) is 18.0. The summed E-state index contributed by atoms with van der Waals surface area (Å²) in [5.74, 6) is -1.22. The Morgan fingerprint density at radius 1 is 1.12 bits per heavy atom. The van der Waals surface area contributed by atoms with Crippen LogP contribution in [0.2, 0.25) is 0 Å². The molecule has 2 fully saturated rings. The summed E-state index contributed by atoms with van der Waals surface area (Å²) in [4.78, 5) is 17.1. The van der Waals surface area contributed by atoms with E-state index in [4.69, 9.17) is 9.57 Å². The van der Waals surface area contributed by atoms with Gasteiger partial charge in [-0.25, -0.2) is 13.2 Å². The van der Waals surface area contributed by atoms with Crippen molar-refractivity contribution in [2.45, 2.75) is 54.5 Å². The van der Waals surface area contributed by atoms with Crippen molar-refractivity contribution in [3.05, 3.63) is 29.8 Å². The van der Waals surface area contributed by atoms with E-state index < -0.39 is 15.8 Å². The third-order valence-corrected chi connectivity index (χ3v) is 6.86. The number of carboxylic acids is 1. The van der Waals surface area contributed by atoms with Gasteiger partial charge in [-0.15, -0.1) is 0 Å². The third kappa shape index (κ3) is 4.01. The second-order valence-electron chi connectivity index (χ2n) is 6.41. The average molecular weight is 367 g/mol. The predicted molar refractivity (Wildman–Crippen MR) is 90.3 cm³/mol. The van der Waals surface area contributed by atoms with E-state index in [9.17, 15) is 18.3 Å². The molecule has 2 aliphatic rings. The molecule has 3 rings (SSSR count). The van der Waals surface area contributed by atoms with Gasteiger partial charge in [0.05, 0.1) is 16.2 Å². The van der Waals surface area contributed by atoms with Crippen LogP contribution in [0.25, 0.3) is 0 Å². The van der Waals surface area contributed by atoms with Crippen LogP contribution in [0.5, 0.6) is 0 Å². The van der Waals surface area contributed by atoms with Crippen molar-refractivity contribution in [3.63, 3.8) is 0 Å². The van der Waals surface area contributed by atoms with Crippen LogP contribution in [0, 0.1) is 0 Å². The first-order valence-corrected chi connectivity index (χ1v) is 9.80. The van der Waals surface area contributed by atoms with Crippen molar-refractivity contribution in [1.82, 2.24) is 0 Å². The molecule has 1 aromatic rings. The molecule has 0 radical (unpaired) electrons. The molecular formula is C17H21NO6S. The lowest BCUT2D eigenvalue weighted by Gasteiger charge is -2.10. The fourth-order valence-electron chi connectivity index (χ4n) is 2.93. The number of hydrogen-bond acceptors (Lipinski definition) is 6. The number of ether oxygens (including phenoxy) is 1. The third-order valence-electron chi connectivity index (χ3n) is 4.58. The minimum absolute atomic E-state index is 0.111. The second kappa shape index (κ2) is 7.13. The number of hydrogen-bond donors (Lipinski definition) is 1. The lowest BCUT2D eigenvalue weighted by Crippen LogP contribution is -2.17. The molecule has 2 aliphatic carbocycles. The molecule has 1 aromatic carbocycles. The Morgan fingerprint density at radius 3 is 2.28 bits per heavy atom. The normalized spacial score (nSPS) is 24.3. The Labute approximate surface area is 146 Å². The molecule has 0 bridgehead atoms. The molecule has 0 amide bonds. The zero-order valence-electron chi connectivity index (χ0n) is 13.9. The van der Waals surface area contributed by atoms with Gasteiger partial charge in [-0.2, -0.15) is 0 Å². The largest absolute Gasteiger partial charge is 0.476 e. The molecule has 2 saturated carbocycles. The molecule has 0 aliphatic heterocycles. The van der Waals surface area contributed by atoms with Crippen LogP contribution in [0.15, 0.2) is 34.3 Å². The molecule has 0 spiro atoms. The first-order valence-electron chi connectivity index (χ1n) is 8.26. The quantitative estimate of drug-likeness (QED) is 0.584. The Bertz CT molecular complexity index is 767. The van der Waals surface area contributed by atoms with Crippen LogP contribution in [0.3, 0.4) is 0 Å². The van der Waals surface area contributed by atoms with Gasteiger partial charge in [0.2, 0.25) is 0 Å². The van der Waals surface area contributed by atoms with Crippen molar-refractivity contribution in [2.24, 2.45) is 5.16 Å². The number of carboxylic acid groups (broad SMARTS) is 1. The van der Waals surface area contributed by atoms with Gasteiger partial charge in [0.1, 0.15) is 6.10 Å². The molecule has 136 valence electrons. The number of rotatable bonds is 7. The molecule has 0 aromatic heterocycles. The van der Waals surface area contributed by atoms with E-state index in [1.807, 2.05) is 0 Å². The standard InChI is InChI=1S/C17H21NO6S/c1-23-12-4-5-13(10-12)24-18-16(17(19)20)11-2-6-14(7-3-11)25(21,22)15-8-9-15/h2-3,6-7,12-13,15H,4-5,8-10H2,1H3,(H,19,20)/t12-,13-/m1/s1. The van der Waals surface area contributed by atoms with Crippen LogP contribution in [0.4, 0.5) is 0 Å². The number of carbonyl (C=O) groups is 1. The smallest absolute Gasteiger partial charge is 0.358 e. The second-order valence-corrected chi connectivity index (χ2v) is 8.64. The Balaban J connectivity index is 1.74. The Morgan fingerprint density at radius 2 is 1.76 bits per heavy atom. The lowest BCUT2D eigenvalue weighted by atomic mass is 10.1. The number of sulfone groups is 1. The highest BCUT2D eigenvalue weighted by Gasteiger charge is 2.36. The van der Waals surface area contributed by atoms with Crippen molar-refractivity contribution in [3.8, 4) is 0 Å². The molecule has 2 atom stereocenters. The fourth-order valence-corrected chi connectivity index (χ4v) is 4.58. The monoisotopic (exact) mass is 367 g/mol. The zero-order valence-corrected chi connectivity index (χ0v) is 14.7. The topological polar surface area (TPSA) is 102 Å². The maximum Gasteiger partial charge on any atom is 0.358 e. The van der Waals surface area contributed by atoms with Gasteiger partial charge in [-0.3, -0.25) is 0 Å². The maximum absolute atomic E-state index is 12.2. The number of nitrogens with zero attached hydrogens (tertiary/aromatic N) is 1. The molecule has 0 heterocycles. The summed E-state index contributed by atoms with van der Waals surface area (Å²) >= 11 is 0. The summed E-state index contributed by atoms with van der Waals surface area (Å²) in [6.07, 6.45) is 3.59. The van der Waals surface area contributed by atoms with E-state index in [2.05, 4.69) is 5.16 Å². The van der Waals surface area contributed by atoms with Gasteiger partial charge >= 0.3 is 5.97 Å². The highest BCUT2D eigenvalue weighted by atomic mass is 32.2. The number of methoxy groups -OCH3 is 1. The molecule has 7 nitrogen and oxygen atoms in total. The van der Waals surface area contributed by atoms with E-state index in [1.54, 1.807) is 7.11 Å². The summed E-state index contributed by atoms with van der Waals surface area (Å²) in [6.45, 7) is 0. The molecule has 8 heteroatoms. The highest BCUT2D eigenvalue weighted by Crippen LogP contribution is 2.33. The number of aliphatic carboxylic acids is 1. The van der Waals surface area contributed by atoms with Crippen molar-refractivity contribution < 1.29 is 27.9 Å². The van der Waals surface area contributed by atoms with E-state index in [0.29, 0.717) is 24.8 Å². The number of benzene rings is 1. The van der Waals surface area contributed by atoms with Crippen LogP contribution in [-0.2, 0) is 24.2 Å². The SMILES string of the molecule is CO[C@@H]1CC[C@@H](ON=C(C(=O)O)c2ccc(S(=O)(=O)C3CC3)cc2)C1. The first kappa shape index (κ1) is 17.9. The molecule has 0 unspecified atom stereocenters. The van der Waals surface area contributed by atoms with Gasteiger partial charge in [0.25, 0.3) is 0 Å². The van der Waals surface area contributed by atoms with Gasteiger partial charge in [0, 0.05) is 19.1 Å². The first-order chi connectivity index (χ1) is 11.9. The molecule has 25 heavy (non-hydrogen) atoms. The van der Waals surface area contributed by atoms with Crippen LogP contribution in [0.1, 0.15) is 37.7 Å². The van der Waals surface area contributed by atoms with E-state index >= 15 is 0 Å². The summed E-state index contributed by atoms with van der Waals surface area (Å²) in [6, 6.07) is 5.77. The summed E-state index contributed by atoms with van der Waals surface area (Å²) in [5, 5.41) is 12.9. The summed E-state index contributed by atoms with van der Waals surface area (Å²) in [5.41, 5.74) is 0.0692. The van der Waals surface area contributed by atoms with Gasteiger partial charge in [-0.05, 0) is 37.8 Å². The van der Waals surface area contributed by atoms with Crippen molar-refractivity contribution >= 4 is 21.5 Å². The average Bonchev–Trinajstić information content (AvgIpc) is 3.36. The predicted octanol–water partition coefficient (Wildman–Crippen LogP) is 2.00. The summed E-state index contributed by atoms with van der Waals surface area (Å²) < 4.78 is 29.6. The molecular weight excluding hydrogens is 346 g/mol. The Kier molecular flexibility index (Phi) is 5.10. The van der Waals surface area contributed by atoms with Crippen LogP contribution >= 0.6 is 0 Å².